The van der Waals surface area contributed by atoms with Gasteiger partial charge in [-0.25, -0.2) is 0 Å². The average molecular weight is 273 g/mol. The number of aliphatic hydroxyl groups excluding tert-OH is 2. The number of hydrogen-bond acceptors (Lipinski definition) is 5. The first-order valence-electron chi connectivity index (χ1n) is 6.13. The van der Waals surface area contributed by atoms with Gasteiger partial charge < -0.3 is 24.9 Å². The lowest BCUT2D eigenvalue weighted by molar-refractivity contribution is -0.153. The van der Waals surface area contributed by atoms with Gasteiger partial charge in [0.25, 0.3) is 0 Å². The van der Waals surface area contributed by atoms with E-state index in [0.29, 0.717) is 32.6 Å². The lowest BCUT2D eigenvalue weighted by atomic mass is 10.3. The number of rotatable bonds is 5. The van der Waals surface area contributed by atoms with E-state index in [-0.39, 0.29) is 26.3 Å². The Labute approximate surface area is 111 Å². The van der Waals surface area contributed by atoms with Crippen LogP contribution in [0.5, 0.6) is 0 Å². The number of amides is 3. The molecule has 0 aromatic heterocycles. The van der Waals surface area contributed by atoms with Gasteiger partial charge in [-0.1, -0.05) is 0 Å². The second kappa shape index (κ2) is 7.70. The molecule has 1 rings (SSSR count). The quantitative estimate of drug-likeness (QED) is 0.413. The molecule has 1 heterocycles. The van der Waals surface area contributed by atoms with E-state index in [9.17, 15) is 14.4 Å². The van der Waals surface area contributed by atoms with Crippen molar-refractivity contribution in [1.82, 2.24) is 14.7 Å². The number of carbonyl (C=O) groups excluding carboxylic acids is 3. The Morgan fingerprint density at radius 1 is 1.05 bits per heavy atom. The highest BCUT2D eigenvalue weighted by Crippen LogP contribution is 2.02. The molecule has 0 bridgehead atoms. The molecule has 1 saturated heterocycles. The number of aliphatic hydroxyl groups is 2. The highest BCUT2D eigenvalue weighted by Gasteiger charge is 2.28. The predicted octanol–water partition coefficient (Wildman–Crippen LogP) is -2.90. The van der Waals surface area contributed by atoms with Crippen molar-refractivity contribution < 1.29 is 24.6 Å². The van der Waals surface area contributed by atoms with Crippen molar-refractivity contribution in [1.29, 1.82) is 0 Å². The van der Waals surface area contributed by atoms with Gasteiger partial charge in [0.15, 0.2) is 0 Å². The maximum Gasteiger partial charge on any atom is 0.312 e. The number of hydrogen-bond donors (Lipinski definition) is 2. The molecule has 0 atom stereocenters. The van der Waals surface area contributed by atoms with Gasteiger partial charge in [-0.3, -0.25) is 14.4 Å². The summed E-state index contributed by atoms with van der Waals surface area (Å²) in [6.45, 7) is 0.935. The van der Waals surface area contributed by atoms with Crippen LogP contribution >= 0.6 is 0 Å². The molecule has 0 aliphatic carbocycles. The van der Waals surface area contributed by atoms with Crippen LogP contribution in [0.25, 0.3) is 0 Å². The van der Waals surface area contributed by atoms with Crippen LogP contribution in [0.15, 0.2) is 0 Å². The van der Waals surface area contributed by atoms with Gasteiger partial charge in [0, 0.05) is 39.3 Å². The summed E-state index contributed by atoms with van der Waals surface area (Å²) in [5.74, 6) is -1.39. The van der Waals surface area contributed by atoms with E-state index in [2.05, 4.69) is 0 Å². The molecular weight excluding hydrogens is 254 g/mol. The topological polar surface area (TPSA) is 101 Å². The largest absolute Gasteiger partial charge is 0.395 e. The number of piperazine rings is 1. The van der Waals surface area contributed by atoms with Crippen LogP contribution in [0.1, 0.15) is 0 Å². The molecule has 0 unspecified atom stereocenters. The van der Waals surface area contributed by atoms with Crippen molar-refractivity contribution >= 4 is 18.2 Å². The van der Waals surface area contributed by atoms with E-state index in [1.807, 2.05) is 0 Å². The summed E-state index contributed by atoms with van der Waals surface area (Å²) in [5.41, 5.74) is 0. The molecule has 3 amide bonds. The molecular formula is C11H19N3O5. The molecule has 8 heteroatoms. The van der Waals surface area contributed by atoms with Crippen molar-refractivity contribution in [3.63, 3.8) is 0 Å². The van der Waals surface area contributed by atoms with Gasteiger partial charge in [0.2, 0.25) is 6.41 Å². The van der Waals surface area contributed by atoms with Crippen molar-refractivity contribution in [2.45, 2.75) is 0 Å². The third-order valence-electron chi connectivity index (χ3n) is 2.96. The Bertz CT molecular complexity index is 322. The molecule has 0 saturated carbocycles. The lowest BCUT2D eigenvalue weighted by Crippen LogP contribution is -2.53. The third kappa shape index (κ3) is 4.18. The van der Waals surface area contributed by atoms with Crippen LogP contribution < -0.4 is 0 Å². The Balaban J connectivity index is 2.55. The van der Waals surface area contributed by atoms with Gasteiger partial charge in [0.1, 0.15) is 0 Å². The molecule has 2 N–H and O–H groups in total. The predicted molar refractivity (Wildman–Crippen MR) is 65.0 cm³/mol. The highest BCUT2D eigenvalue weighted by molar-refractivity contribution is 6.34. The zero-order valence-corrected chi connectivity index (χ0v) is 10.7. The van der Waals surface area contributed by atoms with Crippen molar-refractivity contribution in [3.8, 4) is 0 Å². The van der Waals surface area contributed by atoms with Crippen LogP contribution in [-0.4, -0.2) is 95.6 Å². The number of nitrogens with zero attached hydrogens (tertiary/aromatic N) is 3. The molecule has 19 heavy (non-hydrogen) atoms. The first kappa shape index (κ1) is 15.4. The molecule has 108 valence electrons. The van der Waals surface area contributed by atoms with Gasteiger partial charge >= 0.3 is 11.8 Å². The van der Waals surface area contributed by atoms with Crippen LogP contribution in [0.4, 0.5) is 0 Å². The highest BCUT2D eigenvalue weighted by atomic mass is 16.3. The van der Waals surface area contributed by atoms with Crippen molar-refractivity contribution in [3.05, 3.63) is 0 Å². The average Bonchev–Trinajstić information content (AvgIpc) is 2.45. The molecule has 1 aliphatic heterocycles. The summed E-state index contributed by atoms with van der Waals surface area (Å²) in [6, 6.07) is 0. The number of carbonyl (C=O) groups is 3. The summed E-state index contributed by atoms with van der Waals surface area (Å²) in [5, 5.41) is 17.6. The van der Waals surface area contributed by atoms with Crippen molar-refractivity contribution in [2.24, 2.45) is 0 Å². The minimum absolute atomic E-state index is 0.0133. The van der Waals surface area contributed by atoms with Gasteiger partial charge in [0.05, 0.1) is 13.2 Å². The van der Waals surface area contributed by atoms with E-state index in [0.717, 1.165) is 4.90 Å². The van der Waals surface area contributed by atoms with Crippen molar-refractivity contribution in [2.75, 3.05) is 52.5 Å². The molecule has 0 aromatic rings. The fraction of sp³-hybridized carbons (Fsp3) is 0.727. The van der Waals surface area contributed by atoms with Gasteiger partial charge in [-0.2, -0.15) is 0 Å². The molecule has 0 aromatic carbocycles. The second-order valence-corrected chi connectivity index (χ2v) is 4.17. The summed E-state index contributed by atoms with van der Waals surface area (Å²) >= 11 is 0. The van der Waals surface area contributed by atoms with E-state index in [1.54, 1.807) is 0 Å². The Morgan fingerprint density at radius 3 is 2.00 bits per heavy atom. The fourth-order valence-electron chi connectivity index (χ4n) is 1.86. The SMILES string of the molecule is O=CN1CCN(C(=O)C(=O)N(CCO)CCO)CC1. The molecule has 8 nitrogen and oxygen atoms in total. The normalized spacial score (nSPS) is 15.3. The lowest BCUT2D eigenvalue weighted by Gasteiger charge is -2.33. The monoisotopic (exact) mass is 273 g/mol. The standard InChI is InChI=1S/C11H19N3O5/c15-7-5-14(6-8-16)11(19)10(18)13-3-1-12(9-17)2-4-13/h9,15-16H,1-8H2. The molecule has 1 aliphatic rings. The molecule has 0 spiro atoms. The molecule has 0 radical (unpaired) electrons. The summed E-state index contributed by atoms with van der Waals surface area (Å²) in [6.07, 6.45) is 0.716. The molecule has 1 fully saturated rings. The van der Waals surface area contributed by atoms with Crippen LogP contribution in [0, 0.1) is 0 Å². The summed E-state index contributed by atoms with van der Waals surface area (Å²) < 4.78 is 0. The Hall–Kier alpha value is -1.67. The summed E-state index contributed by atoms with van der Waals surface area (Å²) in [4.78, 5) is 38.4. The van der Waals surface area contributed by atoms with E-state index >= 15 is 0 Å². The Morgan fingerprint density at radius 2 is 1.58 bits per heavy atom. The zero-order valence-electron chi connectivity index (χ0n) is 10.7. The smallest absolute Gasteiger partial charge is 0.312 e. The minimum Gasteiger partial charge on any atom is -0.395 e. The van der Waals surface area contributed by atoms with Gasteiger partial charge in [-0.15, -0.1) is 0 Å². The first-order valence-corrected chi connectivity index (χ1v) is 6.13. The second-order valence-electron chi connectivity index (χ2n) is 4.17. The van der Waals surface area contributed by atoms with E-state index < -0.39 is 11.8 Å². The minimum atomic E-state index is -0.734. The van der Waals surface area contributed by atoms with E-state index in [4.69, 9.17) is 10.2 Å². The van der Waals surface area contributed by atoms with Crippen LogP contribution in [0.3, 0.4) is 0 Å². The zero-order chi connectivity index (χ0) is 14.3. The van der Waals surface area contributed by atoms with Crippen LogP contribution in [-0.2, 0) is 14.4 Å². The van der Waals surface area contributed by atoms with E-state index in [1.165, 1.54) is 9.80 Å². The third-order valence-corrected chi connectivity index (χ3v) is 2.96. The van der Waals surface area contributed by atoms with Gasteiger partial charge in [-0.05, 0) is 0 Å². The van der Waals surface area contributed by atoms with Crippen LogP contribution in [0.2, 0.25) is 0 Å². The fourth-order valence-corrected chi connectivity index (χ4v) is 1.86. The Kier molecular flexibility index (Phi) is 6.23. The first-order chi connectivity index (χ1) is 9.13. The summed E-state index contributed by atoms with van der Waals surface area (Å²) in [7, 11) is 0. The maximum absolute atomic E-state index is 11.9. The maximum atomic E-state index is 11.9.